The van der Waals surface area contributed by atoms with E-state index in [9.17, 15) is 8.78 Å². The lowest BCUT2D eigenvalue weighted by Crippen LogP contribution is -2.33. The van der Waals surface area contributed by atoms with Crippen molar-refractivity contribution in [2.24, 2.45) is 0 Å². The molecule has 3 heteroatoms. The van der Waals surface area contributed by atoms with Gasteiger partial charge in [-0.3, -0.25) is 0 Å². The van der Waals surface area contributed by atoms with Crippen molar-refractivity contribution in [3.63, 3.8) is 0 Å². The lowest BCUT2D eigenvalue weighted by Gasteiger charge is -2.13. The first-order valence-electron chi connectivity index (χ1n) is 2.70. The number of alkyl halides is 2. The molecule has 0 bridgehead atoms. The minimum Gasteiger partial charge on any atom is -0.309 e. The van der Waals surface area contributed by atoms with Crippen LogP contribution in [0.4, 0.5) is 8.78 Å². The van der Waals surface area contributed by atoms with Crippen molar-refractivity contribution in [3.8, 4) is 0 Å². The van der Waals surface area contributed by atoms with E-state index in [-0.39, 0.29) is 0 Å². The second-order valence-corrected chi connectivity index (χ2v) is 1.95. The van der Waals surface area contributed by atoms with Gasteiger partial charge in [-0.1, -0.05) is 12.2 Å². The van der Waals surface area contributed by atoms with E-state index >= 15 is 0 Å². The van der Waals surface area contributed by atoms with Crippen molar-refractivity contribution in [1.29, 1.82) is 0 Å². The predicted octanol–water partition coefficient (Wildman–Crippen LogP) is 1.42. The molecule has 0 spiro atoms. The molecule has 0 aromatic heterocycles. The maximum atomic E-state index is 11.8. The summed E-state index contributed by atoms with van der Waals surface area (Å²) in [4.78, 5) is 0. The number of nitrogens with one attached hydrogen (secondary N) is 1. The van der Waals surface area contributed by atoms with Crippen LogP contribution in [-0.4, -0.2) is 19.5 Å². The zero-order valence-electron chi connectivity index (χ0n) is 5.62. The summed E-state index contributed by atoms with van der Waals surface area (Å²) in [6.07, 6.45) is -2.35. The van der Waals surface area contributed by atoms with Crippen LogP contribution in [0.1, 0.15) is 6.92 Å². The largest absolute Gasteiger partial charge is 0.309 e. The van der Waals surface area contributed by atoms with E-state index in [1.54, 1.807) is 6.92 Å². The first kappa shape index (κ1) is 8.56. The smallest absolute Gasteiger partial charge is 0.257 e. The molecule has 1 nitrogen and oxygen atoms in total. The zero-order chi connectivity index (χ0) is 7.44. The fourth-order valence-electron chi connectivity index (χ4n) is 0.587. The quantitative estimate of drug-likeness (QED) is 0.577. The molecular weight excluding hydrogens is 124 g/mol. The minimum atomic E-state index is -2.35. The number of likely N-dealkylation sites (N-methyl/N-ethyl adjacent to an activating group) is 1. The zero-order valence-corrected chi connectivity index (χ0v) is 5.62. The van der Waals surface area contributed by atoms with Gasteiger partial charge in [0.25, 0.3) is 6.43 Å². The van der Waals surface area contributed by atoms with Gasteiger partial charge in [-0.05, 0) is 14.0 Å². The van der Waals surface area contributed by atoms with Crippen molar-refractivity contribution >= 4 is 0 Å². The minimum absolute atomic E-state index is 0.465. The topological polar surface area (TPSA) is 12.0 Å². The summed E-state index contributed by atoms with van der Waals surface area (Å²) in [6, 6.07) is -0.856. The van der Waals surface area contributed by atoms with Crippen molar-refractivity contribution in [1.82, 2.24) is 5.32 Å². The molecular formula is C6H11F2N. The van der Waals surface area contributed by atoms with Crippen LogP contribution >= 0.6 is 0 Å². The van der Waals surface area contributed by atoms with Crippen LogP contribution in [0, 0.1) is 0 Å². The van der Waals surface area contributed by atoms with Gasteiger partial charge in [-0.2, -0.15) is 0 Å². The molecule has 0 amide bonds. The molecule has 0 aliphatic carbocycles. The molecule has 0 aromatic rings. The summed E-state index contributed by atoms with van der Waals surface area (Å²) < 4.78 is 23.7. The number of hydrogen-bond donors (Lipinski definition) is 1. The number of rotatable bonds is 3. The van der Waals surface area contributed by atoms with Gasteiger partial charge in [-0.25, -0.2) is 8.78 Å². The Morgan fingerprint density at radius 1 is 1.56 bits per heavy atom. The average molecular weight is 135 g/mol. The Morgan fingerprint density at radius 2 is 2.00 bits per heavy atom. The molecule has 0 heterocycles. The van der Waals surface area contributed by atoms with Gasteiger partial charge in [0.05, 0.1) is 6.04 Å². The summed E-state index contributed by atoms with van der Waals surface area (Å²) in [5.41, 5.74) is 0.465. The first-order chi connectivity index (χ1) is 4.09. The third-order valence-electron chi connectivity index (χ3n) is 1.09. The molecule has 0 saturated carbocycles. The average Bonchev–Trinajstić information content (AvgIpc) is 1.64. The van der Waals surface area contributed by atoms with Crippen LogP contribution in [0.3, 0.4) is 0 Å². The van der Waals surface area contributed by atoms with Crippen LogP contribution < -0.4 is 5.32 Å². The van der Waals surface area contributed by atoms with E-state index in [1.807, 2.05) is 0 Å². The fourth-order valence-corrected chi connectivity index (χ4v) is 0.587. The summed E-state index contributed by atoms with van der Waals surface area (Å²) in [5.74, 6) is 0. The van der Waals surface area contributed by atoms with Crippen LogP contribution in [0.5, 0.6) is 0 Å². The van der Waals surface area contributed by atoms with Gasteiger partial charge in [0.2, 0.25) is 0 Å². The highest BCUT2D eigenvalue weighted by Crippen LogP contribution is 2.07. The van der Waals surface area contributed by atoms with Gasteiger partial charge in [0, 0.05) is 0 Å². The maximum absolute atomic E-state index is 11.8. The molecule has 0 saturated heterocycles. The van der Waals surface area contributed by atoms with E-state index in [2.05, 4.69) is 11.9 Å². The normalized spacial score (nSPS) is 13.9. The molecule has 54 valence electrons. The van der Waals surface area contributed by atoms with E-state index in [1.165, 1.54) is 7.05 Å². The number of hydrogen-bond acceptors (Lipinski definition) is 1. The Kier molecular flexibility index (Phi) is 3.39. The van der Waals surface area contributed by atoms with E-state index in [4.69, 9.17) is 0 Å². The van der Waals surface area contributed by atoms with Gasteiger partial charge in [0.15, 0.2) is 0 Å². The van der Waals surface area contributed by atoms with Crippen LogP contribution in [0.15, 0.2) is 12.2 Å². The molecule has 9 heavy (non-hydrogen) atoms. The Hall–Kier alpha value is -0.440. The molecule has 1 atom stereocenters. The van der Waals surface area contributed by atoms with Crippen molar-refractivity contribution < 1.29 is 8.78 Å². The van der Waals surface area contributed by atoms with Gasteiger partial charge in [-0.15, -0.1) is 0 Å². The summed E-state index contributed by atoms with van der Waals surface area (Å²) in [7, 11) is 1.49. The highest BCUT2D eigenvalue weighted by atomic mass is 19.3. The molecule has 1 N–H and O–H groups in total. The fraction of sp³-hybridized carbons (Fsp3) is 0.667. The SMILES string of the molecule is C=C(C)C(NC)C(F)F. The summed E-state index contributed by atoms with van der Waals surface area (Å²) >= 11 is 0. The van der Waals surface area contributed by atoms with Gasteiger partial charge < -0.3 is 5.32 Å². The second-order valence-electron chi connectivity index (χ2n) is 1.95. The lowest BCUT2D eigenvalue weighted by molar-refractivity contribution is 0.117. The van der Waals surface area contributed by atoms with Gasteiger partial charge >= 0.3 is 0 Å². The highest BCUT2D eigenvalue weighted by Gasteiger charge is 2.17. The van der Waals surface area contributed by atoms with Crippen LogP contribution in [0.2, 0.25) is 0 Å². The van der Waals surface area contributed by atoms with Crippen molar-refractivity contribution in [3.05, 3.63) is 12.2 Å². The molecule has 0 rings (SSSR count). The Bertz CT molecular complexity index is 101. The summed E-state index contributed by atoms with van der Waals surface area (Å²) in [6.45, 7) is 4.98. The third kappa shape index (κ3) is 2.56. The Morgan fingerprint density at radius 3 is 2.00 bits per heavy atom. The molecule has 0 fully saturated rings. The van der Waals surface area contributed by atoms with E-state index in [0.717, 1.165) is 0 Å². The molecule has 0 aliphatic rings. The first-order valence-corrected chi connectivity index (χ1v) is 2.70. The second kappa shape index (κ2) is 3.56. The van der Waals surface area contributed by atoms with E-state index in [0.29, 0.717) is 5.57 Å². The van der Waals surface area contributed by atoms with Crippen molar-refractivity contribution in [2.75, 3.05) is 7.05 Å². The predicted molar refractivity (Wildman–Crippen MR) is 33.7 cm³/mol. The highest BCUT2D eigenvalue weighted by molar-refractivity contribution is 5.02. The molecule has 0 radical (unpaired) electrons. The van der Waals surface area contributed by atoms with Gasteiger partial charge in [0.1, 0.15) is 0 Å². The van der Waals surface area contributed by atoms with E-state index < -0.39 is 12.5 Å². The molecule has 0 aliphatic heterocycles. The third-order valence-corrected chi connectivity index (χ3v) is 1.09. The molecule has 0 aromatic carbocycles. The standard InChI is InChI=1S/C6H11F2N/c1-4(2)5(9-3)6(7)8/h5-6,9H,1H2,2-3H3. The Balaban J connectivity index is 3.83. The summed E-state index contributed by atoms with van der Waals surface area (Å²) in [5, 5.41) is 2.45. The molecule has 1 unspecified atom stereocenters. The monoisotopic (exact) mass is 135 g/mol. The maximum Gasteiger partial charge on any atom is 0.257 e. The Labute approximate surface area is 53.8 Å². The van der Waals surface area contributed by atoms with Crippen molar-refractivity contribution in [2.45, 2.75) is 19.4 Å². The number of halogens is 2. The van der Waals surface area contributed by atoms with Crippen LogP contribution in [-0.2, 0) is 0 Å². The lowest BCUT2D eigenvalue weighted by atomic mass is 10.2. The van der Waals surface area contributed by atoms with Crippen LogP contribution in [0.25, 0.3) is 0 Å².